The number of anilines is 1. The van der Waals surface area contributed by atoms with Crippen molar-refractivity contribution in [3.63, 3.8) is 0 Å². The van der Waals surface area contributed by atoms with Gasteiger partial charge in [0, 0.05) is 11.6 Å². The Morgan fingerprint density at radius 2 is 1.74 bits per heavy atom. The Morgan fingerprint density at radius 1 is 0.941 bits per heavy atom. The molecule has 2 aromatic carbocycles. The number of aromatic nitrogens is 6. The first-order chi connectivity index (χ1) is 16.3. The van der Waals surface area contributed by atoms with Crippen molar-refractivity contribution >= 4 is 22.8 Å². The molecular formula is C25H23N7O2. The van der Waals surface area contributed by atoms with Crippen LogP contribution in [0.3, 0.4) is 0 Å². The molecule has 0 fully saturated rings. The maximum absolute atomic E-state index is 12.9. The predicted octanol–water partition coefficient (Wildman–Crippen LogP) is 3.78. The fourth-order valence-corrected chi connectivity index (χ4v) is 3.81. The molecule has 34 heavy (non-hydrogen) atoms. The summed E-state index contributed by atoms with van der Waals surface area (Å²) >= 11 is 0. The third-order valence-corrected chi connectivity index (χ3v) is 5.82. The van der Waals surface area contributed by atoms with Crippen LogP contribution in [0.25, 0.3) is 22.7 Å². The molecule has 2 N–H and O–H groups in total. The summed E-state index contributed by atoms with van der Waals surface area (Å²) in [5.41, 5.74) is 5.18. The van der Waals surface area contributed by atoms with E-state index in [-0.39, 0.29) is 17.4 Å². The quantitative estimate of drug-likeness (QED) is 0.430. The minimum atomic E-state index is -0.348. The molecule has 0 unspecified atom stereocenters. The summed E-state index contributed by atoms with van der Waals surface area (Å²) in [6.45, 7) is 7.73. The van der Waals surface area contributed by atoms with E-state index in [1.165, 1.54) is 10.9 Å². The fourth-order valence-electron chi connectivity index (χ4n) is 3.81. The average Bonchev–Trinajstić information content (AvgIpc) is 3.39. The van der Waals surface area contributed by atoms with Crippen molar-refractivity contribution in [2.24, 2.45) is 0 Å². The Kier molecular flexibility index (Phi) is 5.09. The Hall–Kier alpha value is -4.53. The van der Waals surface area contributed by atoms with Gasteiger partial charge >= 0.3 is 0 Å². The molecule has 0 aliphatic carbocycles. The minimum Gasteiger partial charge on any atom is -0.306 e. The summed E-state index contributed by atoms with van der Waals surface area (Å²) in [7, 11) is 0. The Labute approximate surface area is 195 Å². The third-order valence-electron chi connectivity index (χ3n) is 5.82. The summed E-state index contributed by atoms with van der Waals surface area (Å²) < 4.78 is 3.05. The van der Waals surface area contributed by atoms with Crippen molar-refractivity contribution in [2.75, 3.05) is 5.32 Å². The van der Waals surface area contributed by atoms with Gasteiger partial charge in [-0.3, -0.25) is 14.6 Å². The molecule has 9 nitrogen and oxygen atoms in total. The van der Waals surface area contributed by atoms with Gasteiger partial charge in [-0.15, -0.1) is 0 Å². The molecule has 0 bridgehead atoms. The van der Waals surface area contributed by atoms with Crippen molar-refractivity contribution in [3.05, 3.63) is 93.0 Å². The van der Waals surface area contributed by atoms with E-state index in [9.17, 15) is 9.59 Å². The average molecular weight is 454 g/mol. The zero-order valence-electron chi connectivity index (χ0n) is 19.2. The molecule has 0 atom stereocenters. The highest BCUT2D eigenvalue weighted by Crippen LogP contribution is 2.20. The van der Waals surface area contributed by atoms with Gasteiger partial charge in [0.2, 0.25) is 5.95 Å². The maximum atomic E-state index is 12.9. The number of nitrogens with one attached hydrogen (secondary N) is 2. The fraction of sp³-hybridized carbons (Fsp3) is 0.160. The number of aryl methyl sites for hydroxylation is 4. The van der Waals surface area contributed by atoms with Crippen molar-refractivity contribution in [3.8, 4) is 11.6 Å². The van der Waals surface area contributed by atoms with Crippen LogP contribution in [-0.4, -0.2) is 35.4 Å². The topological polar surface area (TPSA) is 110 Å². The number of carbonyl (C=O) groups is 1. The number of carbonyl (C=O) groups excluding carboxylic acids is 1. The van der Waals surface area contributed by atoms with Gasteiger partial charge in [-0.25, -0.2) is 4.68 Å². The van der Waals surface area contributed by atoms with Crippen LogP contribution in [0, 0.1) is 27.7 Å². The van der Waals surface area contributed by atoms with E-state index in [0.717, 1.165) is 22.4 Å². The van der Waals surface area contributed by atoms with Crippen molar-refractivity contribution in [2.45, 2.75) is 27.7 Å². The van der Waals surface area contributed by atoms with Crippen LogP contribution < -0.4 is 10.9 Å². The second-order valence-electron chi connectivity index (χ2n) is 8.30. The molecule has 170 valence electrons. The molecule has 3 heterocycles. The normalized spacial score (nSPS) is 11.2. The van der Waals surface area contributed by atoms with Gasteiger partial charge in [-0.2, -0.15) is 19.9 Å². The monoisotopic (exact) mass is 453 g/mol. The molecule has 1 amide bonds. The standard InChI is InChI=1S/C25H23N7O2/c1-14-9-10-18(11-16(14)3)31-22-20(13-26-31)24(34)29-25(28-22)32-21(12-17(4)30-32)27-23(33)19-8-6-5-7-15(19)2/h5-13H,1-4H3,(H,27,33)(H,28,29,34). The lowest BCUT2D eigenvalue weighted by molar-refractivity contribution is 0.102. The van der Waals surface area contributed by atoms with E-state index in [4.69, 9.17) is 0 Å². The van der Waals surface area contributed by atoms with Gasteiger partial charge in [-0.05, 0) is 62.6 Å². The second-order valence-corrected chi connectivity index (χ2v) is 8.30. The zero-order valence-corrected chi connectivity index (χ0v) is 19.2. The lowest BCUT2D eigenvalue weighted by Crippen LogP contribution is -2.19. The third kappa shape index (κ3) is 3.66. The Balaban J connectivity index is 1.60. The smallest absolute Gasteiger partial charge is 0.263 e. The van der Waals surface area contributed by atoms with E-state index in [1.807, 2.05) is 57.2 Å². The number of rotatable bonds is 4. The summed E-state index contributed by atoms with van der Waals surface area (Å²) in [5.74, 6) is 0.296. The van der Waals surface area contributed by atoms with Gasteiger partial charge in [0.1, 0.15) is 11.2 Å². The lowest BCUT2D eigenvalue weighted by Gasteiger charge is -2.10. The molecule has 0 radical (unpaired) electrons. The van der Waals surface area contributed by atoms with E-state index in [2.05, 4.69) is 25.5 Å². The maximum Gasteiger partial charge on any atom is 0.263 e. The molecule has 0 spiro atoms. The summed E-state index contributed by atoms with van der Waals surface area (Å²) in [6.07, 6.45) is 1.50. The molecule has 0 saturated carbocycles. The van der Waals surface area contributed by atoms with Crippen molar-refractivity contribution < 1.29 is 4.79 Å². The van der Waals surface area contributed by atoms with E-state index in [1.54, 1.807) is 23.7 Å². The van der Waals surface area contributed by atoms with Gasteiger partial charge in [0.25, 0.3) is 11.5 Å². The number of hydrogen-bond donors (Lipinski definition) is 2. The van der Waals surface area contributed by atoms with Crippen molar-refractivity contribution in [1.29, 1.82) is 0 Å². The Morgan fingerprint density at radius 3 is 2.50 bits per heavy atom. The first kappa shape index (κ1) is 21.3. The molecule has 0 aliphatic heterocycles. The first-order valence-electron chi connectivity index (χ1n) is 10.8. The van der Waals surface area contributed by atoms with Gasteiger partial charge in [0.15, 0.2) is 5.65 Å². The highest BCUT2D eigenvalue weighted by atomic mass is 16.2. The molecule has 3 aromatic heterocycles. The number of benzene rings is 2. The molecule has 9 heteroatoms. The van der Waals surface area contributed by atoms with E-state index in [0.29, 0.717) is 28.1 Å². The van der Waals surface area contributed by atoms with Crippen molar-refractivity contribution in [1.82, 2.24) is 29.5 Å². The molecule has 5 rings (SSSR count). The molecule has 5 aromatic rings. The molecular weight excluding hydrogens is 430 g/mol. The number of hydrogen-bond acceptors (Lipinski definition) is 5. The Bertz CT molecular complexity index is 1620. The van der Waals surface area contributed by atoms with Gasteiger partial charge < -0.3 is 5.32 Å². The minimum absolute atomic E-state index is 0.177. The first-order valence-corrected chi connectivity index (χ1v) is 10.8. The highest BCUT2D eigenvalue weighted by Gasteiger charge is 2.18. The van der Waals surface area contributed by atoms with Crippen LogP contribution in [-0.2, 0) is 0 Å². The SMILES string of the molecule is Cc1cc(NC(=O)c2ccccc2C)n(-c2nc3c(cnn3-c3ccc(C)c(C)c3)c(=O)[nH]2)n1. The number of fused-ring (bicyclic) bond motifs is 1. The summed E-state index contributed by atoms with van der Waals surface area (Å²) in [6, 6.07) is 15.0. The van der Waals surface area contributed by atoms with Crippen LogP contribution in [0.4, 0.5) is 5.82 Å². The zero-order chi connectivity index (χ0) is 24.0. The lowest BCUT2D eigenvalue weighted by atomic mass is 10.1. The number of amides is 1. The summed E-state index contributed by atoms with van der Waals surface area (Å²) in [4.78, 5) is 33.2. The number of H-pyrrole nitrogens is 1. The van der Waals surface area contributed by atoms with E-state index < -0.39 is 0 Å². The largest absolute Gasteiger partial charge is 0.306 e. The van der Waals surface area contributed by atoms with E-state index >= 15 is 0 Å². The van der Waals surface area contributed by atoms with Crippen LogP contribution >= 0.6 is 0 Å². The van der Waals surface area contributed by atoms with Crippen LogP contribution in [0.2, 0.25) is 0 Å². The second kappa shape index (κ2) is 8.11. The number of nitrogens with zero attached hydrogens (tertiary/aromatic N) is 5. The highest BCUT2D eigenvalue weighted by molar-refractivity contribution is 6.05. The van der Waals surface area contributed by atoms with Gasteiger partial charge in [0.05, 0.1) is 17.6 Å². The van der Waals surface area contributed by atoms with Crippen LogP contribution in [0.1, 0.15) is 32.7 Å². The number of aromatic amines is 1. The summed E-state index contributed by atoms with van der Waals surface area (Å²) in [5, 5.41) is 12.1. The van der Waals surface area contributed by atoms with Crippen LogP contribution in [0.15, 0.2) is 59.5 Å². The van der Waals surface area contributed by atoms with Gasteiger partial charge in [-0.1, -0.05) is 24.3 Å². The molecule has 0 aliphatic rings. The predicted molar refractivity (Wildman–Crippen MR) is 130 cm³/mol. The van der Waals surface area contributed by atoms with Crippen LogP contribution in [0.5, 0.6) is 0 Å². The molecule has 0 saturated heterocycles.